The topological polar surface area (TPSA) is 15.3 Å². The Morgan fingerprint density at radius 3 is 2.64 bits per heavy atom. The van der Waals surface area contributed by atoms with Gasteiger partial charge in [-0.15, -0.1) is 0 Å². The van der Waals surface area contributed by atoms with Crippen molar-refractivity contribution in [3.05, 3.63) is 0 Å². The quantitative estimate of drug-likeness (QED) is 0.744. The highest BCUT2D eigenvalue weighted by atomic mass is 15.2. The molecule has 0 spiro atoms. The van der Waals surface area contributed by atoms with Gasteiger partial charge in [0.1, 0.15) is 0 Å². The number of likely N-dealkylation sites (tertiary alicyclic amines) is 1. The Bertz CT molecular complexity index is 158. The first-order chi connectivity index (χ1) is 6.69. The number of piperidine rings is 1. The molecule has 2 nitrogen and oxygen atoms in total. The smallest absolute Gasteiger partial charge is 0.0117 e. The molecule has 3 atom stereocenters. The molecule has 1 heterocycles. The monoisotopic (exact) mass is 198 g/mol. The molecule has 0 amide bonds. The van der Waals surface area contributed by atoms with E-state index in [-0.39, 0.29) is 0 Å². The Hall–Kier alpha value is -0.0800. The van der Waals surface area contributed by atoms with Crippen LogP contribution in [-0.2, 0) is 0 Å². The van der Waals surface area contributed by atoms with Gasteiger partial charge in [0.15, 0.2) is 0 Å². The van der Waals surface area contributed by atoms with Crippen LogP contribution in [0.4, 0.5) is 0 Å². The Balaban J connectivity index is 2.38. The van der Waals surface area contributed by atoms with Crippen LogP contribution >= 0.6 is 0 Å². The van der Waals surface area contributed by atoms with Crippen LogP contribution in [-0.4, -0.2) is 36.6 Å². The Morgan fingerprint density at radius 1 is 1.43 bits per heavy atom. The number of nitrogens with one attached hydrogen (secondary N) is 1. The molecule has 14 heavy (non-hydrogen) atoms. The van der Waals surface area contributed by atoms with Crippen molar-refractivity contribution in [1.82, 2.24) is 10.2 Å². The minimum Gasteiger partial charge on any atom is -0.314 e. The summed E-state index contributed by atoms with van der Waals surface area (Å²) in [5.74, 6) is 0.803. The van der Waals surface area contributed by atoms with Crippen LogP contribution in [0.5, 0.6) is 0 Å². The summed E-state index contributed by atoms with van der Waals surface area (Å²) in [5.41, 5.74) is 0. The molecule has 1 N–H and O–H groups in total. The lowest BCUT2D eigenvalue weighted by atomic mass is 9.92. The molecule has 3 unspecified atom stereocenters. The predicted octanol–water partition coefficient (Wildman–Crippen LogP) is 2.10. The van der Waals surface area contributed by atoms with Crippen LogP contribution in [0, 0.1) is 5.92 Å². The fourth-order valence-electron chi connectivity index (χ4n) is 2.40. The van der Waals surface area contributed by atoms with Gasteiger partial charge in [0.2, 0.25) is 0 Å². The van der Waals surface area contributed by atoms with E-state index >= 15 is 0 Å². The maximum atomic E-state index is 3.59. The summed E-state index contributed by atoms with van der Waals surface area (Å²) in [7, 11) is 0. The molecule has 1 rings (SSSR count). The molecule has 0 radical (unpaired) electrons. The second-order valence-electron chi connectivity index (χ2n) is 4.68. The maximum Gasteiger partial charge on any atom is 0.0117 e. The third-order valence-electron chi connectivity index (χ3n) is 3.62. The zero-order valence-corrected chi connectivity index (χ0v) is 10.2. The maximum absolute atomic E-state index is 3.59. The van der Waals surface area contributed by atoms with Gasteiger partial charge in [-0.1, -0.05) is 20.8 Å². The van der Waals surface area contributed by atoms with Crippen LogP contribution < -0.4 is 5.32 Å². The number of rotatable bonds is 4. The minimum atomic E-state index is 0.750. The van der Waals surface area contributed by atoms with Gasteiger partial charge < -0.3 is 10.2 Å². The lowest BCUT2D eigenvalue weighted by molar-refractivity contribution is 0.110. The molecule has 0 saturated carbocycles. The van der Waals surface area contributed by atoms with E-state index < -0.39 is 0 Å². The van der Waals surface area contributed by atoms with Gasteiger partial charge in [0.05, 0.1) is 0 Å². The van der Waals surface area contributed by atoms with Gasteiger partial charge in [0, 0.05) is 18.6 Å². The van der Waals surface area contributed by atoms with Crippen molar-refractivity contribution in [3.8, 4) is 0 Å². The number of hydrogen-bond donors (Lipinski definition) is 1. The van der Waals surface area contributed by atoms with E-state index in [2.05, 4.69) is 37.9 Å². The molecule has 0 aromatic heterocycles. The van der Waals surface area contributed by atoms with E-state index in [1.807, 2.05) is 0 Å². The van der Waals surface area contributed by atoms with Gasteiger partial charge in [0.25, 0.3) is 0 Å². The highest BCUT2D eigenvalue weighted by Gasteiger charge is 2.26. The highest BCUT2D eigenvalue weighted by molar-refractivity contribution is 4.84. The third kappa shape index (κ3) is 2.96. The molecule has 1 saturated heterocycles. The molecule has 0 aromatic carbocycles. The molecule has 2 heteroatoms. The zero-order valence-electron chi connectivity index (χ0n) is 10.2. The third-order valence-corrected chi connectivity index (χ3v) is 3.62. The molecular formula is C12H26N2. The summed E-state index contributed by atoms with van der Waals surface area (Å²) in [5, 5.41) is 3.59. The summed E-state index contributed by atoms with van der Waals surface area (Å²) in [6.45, 7) is 12.9. The van der Waals surface area contributed by atoms with E-state index in [4.69, 9.17) is 0 Å². The molecule has 0 bridgehead atoms. The molecule has 1 aliphatic heterocycles. The van der Waals surface area contributed by atoms with E-state index in [1.165, 1.54) is 25.9 Å². The van der Waals surface area contributed by atoms with E-state index in [9.17, 15) is 0 Å². The Morgan fingerprint density at radius 2 is 2.14 bits per heavy atom. The van der Waals surface area contributed by atoms with Crippen LogP contribution in [0.2, 0.25) is 0 Å². The lowest BCUT2D eigenvalue weighted by Gasteiger charge is -2.40. The molecular weight excluding hydrogens is 172 g/mol. The second kappa shape index (κ2) is 5.72. The van der Waals surface area contributed by atoms with Crippen LogP contribution in [0.15, 0.2) is 0 Å². The summed E-state index contributed by atoms with van der Waals surface area (Å²) in [6.07, 6.45) is 2.60. The fraction of sp³-hybridized carbons (Fsp3) is 1.00. The van der Waals surface area contributed by atoms with Gasteiger partial charge >= 0.3 is 0 Å². The van der Waals surface area contributed by atoms with Crippen molar-refractivity contribution in [2.45, 2.75) is 52.6 Å². The average Bonchev–Trinajstić information content (AvgIpc) is 2.20. The fourth-order valence-corrected chi connectivity index (χ4v) is 2.40. The Kier molecular flexibility index (Phi) is 4.90. The molecule has 1 aliphatic rings. The molecule has 84 valence electrons. The van der Waals surface area contributed by atoms with Gasteiger partial charge in [-0.2, -0.15) is 0 Å². The molecule has 0 aliphatic carbocycles. The van der Waals surface area contributed by atoms with E-state index in [1.54, 1.807) is 0 Å². The summed E-state index contributed by atoms with van der Waals surface area (Å²) in [6, 6.07) is 1.51. The molecule has 1 fully saturated rings. The van der Waals surface area contributed by atoms with Gasteiger partial charge in [-0.05, 0) is 38.8 Å². The van der Waals surface area contributed by atoms with Crippen LogP contribution in [0.25, 0.3) is 0 Å². The predicted molar refractivity (Wildman–Crippen MR) is 62.6 cm³/mol. The highest BCUT2D eigenvalue weighted by Crippen LogP contribution is 2.19. The standard InChI is InChI=1S/C12H26N2/c1-5-11(4)14-8-7-12(13-6-2)10(3)9-14/h10-13H,5-9H2,1-4H3. The first-order valence-electron chi connectivity index (χ1n) is 6.16. The van der Waals surface area contributed by atoms with Crippen molar-refractivity contribution >= 4 is 0 Å². The normalized spacial score (nSPS) is 31.7. The van der Waals surface area contributed by atoms with Gasteiger partial charge in [-0.25, -0.2) is 0 Å². The Labute approximate surface area is 89.1 Å². The second-order valence-corrected chi connectivity index (χ2v) is 4.68. The minimum absolute atomic E-state index is 0.750. The number of hydrogen-bond acceptors (Lipinski definition) is 2. The lowest BCUT2D eigenvalue weighted by Crippen LogP contribution is -2.50. The summed E-state index contributed by atoms with van der Waals surface area (Å²) < 4.78 is 0. The van der Waals surface area contributed by atoms with Crippen LogP contribution in [0.1, 0.15) is 40.5 Å². The van der Waals surface area contributed by atoms with E-state index in [0.717, 1.165) is 24.5 Å². The van der Waals surface area contributed by atoms with Crippen LogP contribution in [0.3, 0.4) is 0 Å². The first-order valence-corrected chi connectivity index (χ1v) is 6.16. The first kappa shape index (κ1) is 12.0. The molecule has 0 aromatic rings. The van der Waals surface area contributed by atoms with Crippen molar-refractivity contribution < 1.29 is 0 Å². The van der Waals surface area contributed by atoms with Crippen molar-refractivity contribution in [2.24, 2.45) is 5.92 Å². The largest absolute Gasteiger partial charge is 0.314 e. The summed E-state index contributed by atoms with van der Waals surface area (Å²) in [4.78, 5) is 2.64. The van der Waals surface area contributed by atoms with Crippen molar-refractivity contribution in [2.75, 3.05) is 19.6 Å². The van der Waals surface area contributed by atoms with Gasteiger partial charge in [-0.3, -0.25) is 0 Å². The summed E-state index contributed by atoms with van der Waals surface area (Å²) >= 11 is 0. The number of nitrogens with zero attached hydrogens (tertiary/aromatic N) is 1. The average molecular weight is 198 g/mol. The van der Waals surface area contributed by atoms with Crippen molar-refractivity contribution in [1.29, 1.82) is 0 Å². The van der Waals surface area contributed by atoms with E-state index in [0.29, 0.717) is 0 Å². The zero-order chi connectivity index (χ0) is 10.6. The SMILES string of the molecule is CCNC1CCN(C(C)CC)CC1C. The van der Waals surface area contributed by atoms with Crippen molar-refractivity contribution in [3.63, 3.8) is 0 Å².